The van der Waals surface area contributed by atoms with Crippen molar-refractivity contribution in [2.24, 2.45) is 10.9 Å². The second-order valence-corrected chi connectivity index (χ2v) is 11.5. The fourth-order valence-corrected chi connectivity index (χ4v) is 5.95. The van der Waals surface area contributed by atoms with Crippen LogP contribution in [0.15, 0.2) is 47.0 Å². The van der Waals surface area contributed by atoms with E-state index in [0.29, 0.717) is 68.0 Å². The van der Waals surface area contributed by atoms with Gasteiger partial charge >= 0.3 is 6.18 Å². The first-order chi connectivity index (χ1) is 20.3. The SMILES string of the molecule is C[C@@H]1CN(c2cc(F)c(-c3ccc(N4CCOCC4)c(Cl)c3)cc2NC(=O)C2C=NC(=O)C=C2C(F)(F)F)C[C@H](C)N1C. The lowest BCUT2D eigenvalue weighted by Gasteiger charge is -2.44. The molecule has 0 bridgehead atoms. The van der Waals surface area contributed by atoms with E-state index in [4.69, 9.17) is 16.3 Å². The van der Waals surface area contributed by atoms with Crippen LogP contribution in [-0.2, 0) is 14.3 Å². The number of nitrogens with one attached hydrogen (secondary N) is 1. The molecule has 13 heteroatoms. The zero-order chi connectivity index (χ0) is 31.1. The Kier molecular flexibility index (Phi) is 8.82. The van der Waals surface area contributed by atoms with Gasteiger partial charge in [0.1, 0.15) is 11.7 Å². The summed E-state index contributed by atoms with van der Waals surface area (Å²) in [5, 5.41) is 2.99. The summed E-state index contributed by atoms with van der Waals surface area (Å²) in [5.41, 5.74) is 0.467. The number of benzene rings is 2. The van der Waals surface area contributed by atoms with E-state index in [1.54, 1.807) is 18.2 Å². The van der Waals surface area contributed by atoms with Gasteiger partial charge in [-0.25, -0.2) is 9.38 Å². The van der Waals surface area contributed by atoms with Gasteiger partial charge in [-0.3, -0.25) is 14.5 Å². The molecule has 8 nitrogen and oxygen atoms in total. The number of morpholine rings is 1. The van der Waals surface area contributed by atoms with Crippen LogP contribution in [0.3, 0.4) is 0 Å². The summed E-state index contributed by atoms with van der Waals surface area (Å²) in [6.07, 6.45) is -3.92. The Morgan fingerprint density at radius 1 is 1.05 bits per heavy atom. The number of alkyl halides is 3. The summed E-state index contributed by atoms with van der Waals surface area (Å²) in [6, 6.07) is 7.99. The Labute approximate surface area is 251 Å². The number of carbonyl (C=O) groups excluding carboxylic acids is 2. The molecule has 0 saturated carbocycles. The van der Waals surface area contributed by atoms with Crippen LogP contribution in [0, 0.1) is 11.7 Å². The third-order valence-corrected chi connectivity index (χ3v) is 8.53. The summed E-state index contributed by atoms with van der Waals surface area (Å²) in [7, 11) is 1.98. The van der Waals surface area contributed by atoms with E-state index < -0.39 is 35.3 Å². The van der Waals surface area contributed by atoms with Crippen molar-refractivity contribution in [2.45, 2.75) is 32.1 Å². The molecule has 3 atom stereocenters. The van der Waals surface area contributed by atoms with Crippen LogP contribution < -0.4 is 15.1 Å². The second kappa shape index (κ2) is 12.3. The number of carbonyl (C=O) groups is 2. The normalized spacial score (nSPS) is 23.4. The van der Waals surface area contributed by atoms with Crippen molar-refractivity contribution < 1.29 is 31.9 Å². The zero-order valence-electron chi connectivity index (χ0n) is 23.9. The predicted molar refractivity (Wildman–Crippen MR) is 159 cm³/mol. The number of aliphatic imine (C=N–C) groups is 1. The van der Waals surface area contributed by atoms with E-state index in [0.717, 1.165) is 5.69 Å². The van der Waals surface area contributed by atoms with Gasteiger partial charge in [0.15, 0.2) is 0 Å². The Bertz CT molecular complexity index is 1460. The van der Waals surface area contributed by atoms with Gasteiger partial charge in [-0.15, -0.1) is 0 Å². The summed E-state index contributed by atoms with van der Waals surface area (Å²) in [6.45, 7) is 7.46. The number of piperazine rings is 1. The lowest BCUT2D eigenvalue weighted by molar-refractivity contribution is -0.124. The van der Waals surface area contributed by atoms with Gasteiger partial charge in [-0.2, -0.15) is 13.2 Å². The first-order valence-corrected chi connectivity index (χ1v) is 14.3. The Morgan fingerprint density at radius 2 is 1.72 bits per heavy atom. The first-order valence-electron chi connectivity index (χ1n) is 13.9. The number of nitrogens with zero attached hydrogens (tertiary/aromatic N) is 4. The standard InChI is InChI=1S/C30H32ClF4N5O3/c1-17-15-40(16-18(2)38(17)3)27-13-24(32)20(19-4-5-26(23(31)10-19)39-6-8-43-9-7-39)11-25(27)37-29(42)21-14-36-28(41)12-22(21)30(33,34)35/h4-5,10-14,17-18,21H,6-9,15-16H2,1-3H3,(H,37,42)/t17-,18+,21?. The van der Waals surface area contributed by atoms with Crippen LogP contribution >= 0.6 is 11.6 Å². The molecule has 2 saturated heterocycles. The monoisotopic (exact) mass is 621 g/mol. The van der Waals surface area contributed by atoms with Crippen LogP contribution in [0.25, 0.3) is 11.1 Å². The molecule has 0 spiro atoms. The van der Waals surface area contributed by atoms with E-state index in [1.807, 2.05) is 25.8 Å². The van der Waals surface area contributed by atoms with Crippen molar-refractivity contribution in [1.82, 2.24) is 4.90 Å². The molecule has 2 amide bonds. The van der Waals surface area contributed by atoms with Gasteiger partial charge in [-0.1, -0.05) is 17.7 Å². The van der Waals surface area contributed by atoms with Gasteiger partial charge in [0, 0.05) is 56.1 Å². The molecular formula is C30H32ClF4N5O3. The van der Waals surface area contributed by atoms with Crippen molar-refractivity contribution >= 4 is 46.7 Å². The van der Waals surface area contributed by atoms with Crippen molar-refractivity contribution in [3.8, 4) is 11.1 Å². The van der Waals surface area contributed by atoms with Gasteiger partial charge in [0.2, 0.25) is 5.91 Å². The highest BCUT2D eigenvalue weighted by atomic mass is 35.5. The van der Waals surface area contributed by atoms with E-state index in [-0.39, 0.29) is 23.3 Å². The van der Waals surface area contributed by atoms with Crippen LogP contribution in [0.5, 0.6) is 0 Å². The third-order valence-electron chi connectivity index (χ3n) is 8.23. The van der Waals surface area contributed by atoms with Crippen LogP contribution in [0.1, 0.15) is 13.8 Å². The molecule has 0 radical (unpaired) electrons. The van der Waals surface area contributed by atoms with Gasteiger partial charge < -0.3 is 19.9 Å². The van der Waals surface area contributed by atoms with Gasteiger partial charge in [0.25, 0.3) is 5.91 Å². The first kappa shape index (κ1) is 31.0. The molecular weight excluding hydrogens is 590 g/mol. The van der Waals surface area contributed by atoms with E-state index in [2.05, 4.69) is 20.1 Å². The Balaban J connectivity index is 1.54. The molecule has 2 aromatic rings. The van der Waals surface area contributed by atoms with E-state index in [9.17, 15) is 22.8 Å². The molecule has 2 fully saturated rings. The number of rotatable bonds is 5. The number of hydrogen-bond acceptors (Lipinski definition) is 6. The maximum Gasteiger partial charge on any atom is 0.414 e. The van der Waals surface area contributed by atoms with E-state index >= 15 is 4.39 Å². The second-order valence-electron chi connectivity index (χ2n) is 11.1. The van der Waals surface area contributed by atoms with Crippen LogP contribution in [-0.4, -0.2) is 87.6 Å². The van der Waals surface area contributed by atoms with Crippen molar-refractivity contribution in [2.75, 3.05) is 61.6 Å². The number of hydrogen-bond donors (Lipinski definition) is 1. The highest BCUT2D eigenvalue weighted by Crippen LogP contribution is 2.39. The fraction of sp³-hybridized carbons (Fsp3) is 0.433. The molecule has 3 aliphatic heterocycles. The number of amides is 2. The topological polar surface area (TPSA) is 77.5 Å². The molecule has 1 N–H and O–H groups in total. The highest BCUT2D eigenvalue weighted by molar-refractivity contribution is 6.33. The maximum atomic E-state index is 15.8. The van der Waals surface area contributed by atoms with Gasteiger partial charge in [-0.05, 0) is 50.7 Å². The predicted octanol–water partition coefficient (Wildman–Crippen LogP) is 5.17. The number of anilines is 3. The lowest BCUT2D eigenvalue weighted by atomic mass is 9.95. The number of dihydropyridines is 1. The molecule has 1 unspecified atom stereocenters. The van der Waals surface area contributed by atoms with Crippen LogP contribution in [0.2, 0.25) is 5.02 Å². The zero-order valence-corrected chi connectivity index (χ0v) is 24.7. The number of halogens is 5. The minimum atomic E-state index is -4.93. The van der Waals surface area contributed by atoms with Crippen molar-refractivity contribution in [3.63, 3.8) is 0 Å². The summed E-state index contributed by atoms with van der Waals surface area (Å²) >= 11 is 6.62. The van der Waals surface area contributed by atoms with Crippen molar-refractivity contribution in [1.29, 1.82) is 0 Å². The summed E-state index contributed by atoms with van der Waals surface area (Å²) in [5.74, 6) is -4.58. The quantitative estimate of drug-likeness (QED) is 0.465. The maximum absolute atomic E-state index is 15.8. The van der Waals surface area contributed by atoms with Crippen molar-refractivity contribution in [3.05, 3.63) is 52.8 Å². The molecule has 230 valence electrons. The minimum absolute atomic E-state index is 0.0813. The summed E-state index contributed by atoms with van der Waals surface area (Å²) < 4.78 is 62.5. The smallest absolute Gasteiger partial charge is 0.378 e. The van der Waals surface area contributed by atoms with Crippen LogP contribution in [0.4, 0.5) is 34.6 Å². The Morgan fingerprint density at radius 3 is 2.35 bits per heavy atom. The summed E-state index contributed by atoms with van der Waals surface area (Å²) in [4.78, 5) is 34.5. The average molecular weight is 622 g/mol. The molecule has 0 aliphatic carbocycles. The molecule has 3 heterocycles. The molecule has 2 aromatic carbocycles. The third kappa shape index (κ3) is 6.56. The fourth-order valence-electron chi connectivity index (χ4n) is 5.65. The molecule has 3 aliphatic rings. The van der Waals surface area contributed by atoms with Gasteiger partial charge in [0.05, 0.1) is 40.9 Å². The minimum Gasteiger partial charge on any atom is -0.378 e. The number of ether oxygens (including phenoxy) is 1. The molecule has 5 rings (SSSR count). The average Bonchev–Trinajstić information content (AvgIpc) is 2.96. The highest BCUT2D eigenvalue weighted by Gasteiger charge is 2.43. The number of likely N-dealkylation sites (N-methyl/N-ethyl adjacent to an activating group) is 1. The molecule has 0 aromatic heterocycles. The molecule has 43 heavy (non-hydrogen) atoms. The Hall–Kier alpha value is -3.48. The van der Waals surface area contributed by atoms with E-state index in [1.165, 1.54) is 12.1 Å². The lowest BCUT2D eigenvalue weighted by Crippen LogP contribution is -2.55. The largest absolute Gasteiger partial charge is 0.414 e.